The van der Waals surface area contributed by atoms with E-state index >= 15 is 0 Å². The number of rotatable bonds is 7. The minimum atomic E-state index is -0.325. The molecule has 0 saturated carbocycles. The molecule has 1 heterocycles. The third-order valence-electron chi connectivity index (χ3n) is 3.75. The summed E-state index contributed by atoms with van der Waals surface area (Å²) in [5, 5.41) is 6.15. The Morgan fingerprint density at radius 2 is 1.92 bits per heavy atom. The van der Waals surface area contributed by atoms with E-state index in [-0.39, 0.29) is 17.5 Å². The molecule has 0 atom stereocenters. The first-order chi connectivity index (χ1) is 12.4. The molecule has 2 rings (SSSR count). The molecule has 7 heteroatoms. The monoisotopic (exact) mass is 374 g/mol. The van der Waals surface area contributed by atoms with E-state index in [1.807, 2.05) is 32.0 Å². The van der Waals surface area contributed by atoms with Gasteiger partial charge in [-0.05, 0) is 63.8 Å². The Kier molecular flexibility index (Phi) is 7.12. The number of hydrogen-bond acceptors (Lipinski definition) is 4. The number of amides is 2. The Morgan fingerprint density at radius 1 is 1.15 bits per heavy atom. The highest BCUT2D eigenvalue weighted by molar-refractivity contribution is 6.31. The van der Waals surface area contributed by atoms with Gasteiger partial charge in [-0.1, -0.05) is 17.7 Å². The minimum absolute atomic E-state index is 0.212. The predicted molar refractivity (Wildman–Crippen MR) is 104 cm³/mol. The van der Waals surface area contributed by atoms with Gasteiger partial charge in [0.2, 0.25) is 0 Å². The average molecular weight is 375 g/mol. The van der Waals surface area contributed by atoms with Gasteiger partial charge < -0.3 is 15.5 Å². The molecule has 0 saturated heterocycles. The Balaban J connectivity index is 1.99. The number of benzene rings is 1. The van der Waals surface area contributed by atoms with E-state index in [0.717, 1.165) is 18.5 Å². The van der Waals surface area contributed by atoms with Crippen molar-refractivity contribution in [2.75, 3.05) is 32.5 Å². The predicted octanol–water partition coefficient (Wildman–Crippen LogP) is 2.98. The quantitative estimate of drug-likeness (QED) is 0.731. The summed E-state index contributed by atoms with van der Waals surface area (Å²) < 4.78 is 0. The second kappa shape index (κ2) is 9.31. The van der Waals surface area contributed by atoms with Crippen LogP contribution in [0.15, 0.2) is 36.5 Å². The van der Waals surface area contributed by atoms with E-state index in [4.69, 9.17) is 11.6 Å². The lowest BCUT2D eigenvalue weighted by atomic mass is 10.2. The first kappa shape index (κ1) is 19.9. The number of hydrogen-bond donors (Lipinski definition) is 2. The highest BCUT2D eigenvalue weighted by Gasteiger charge is 2.12. The average Bonchev–Trinajstić information content (AvgIpc) is 2.61. The van der Waals surface area contributed by atoms with E-state index in [0.29, 0.717) is 22.8 Å². The van der Waals surface area contributed by atoms with Crippen molar-refractivity contribution in [1.29, 1.82) is 0 Å². The fraction of sp³-hybridized carbons (Fsp3) is 0.316. The molecule has 0 unspecified atom stereocenters. The third-order valence-corrected chi connectivity index (χ3v) is 4.16. The molecule has 6 nitrogen and oxygen atoms in total. The molecule has 0 radical (unpaired) electrons. The number of aromatic nitrogens is 1. The molecule has 0 fully saturated rings. The van der Waals surface area contributed by atoms with Crippen molar-refractivity contribution >= 4 is 29.1 Å². The standard InChI is InChI=1S/C19H23ClN4O2/c1-13-5-6-15(12-16(13)20)23-18(25)14-7-9-21-17(11-14)19(26)22-8-4-10-24(2)3/h5-7,9,11-12H,4,8,10H2,1-3H3,(H,22,26)(H,23,25). The summed E-state index contributed by atoms with van der Waals surface area (Å²) in [5.74, 6) is -0.620. The molecule has 138 valence electrons. The zero-order valence-electron chi connectivity index (χ0n) is 15.2. The van der Waals surface area contributed by atoms with Crippen molar-refractivity contribution in [1.82, 2.24) is 15.2 Å². The maximum absolute atomic E-state index is 12.4. The molecule has 26 heavy (non-hydrogen) atoms. The molecule has 0 aliphatic carbocycles. The fourth-order valence-electron chi connectivity index (χ4n) is 2.26. The summed E-state index contributed by atoms with van der Waals surface area (Å²) in [5.41, 5.74) is 2.10. The maximum atomic E-state index is 12.4. The first-order valence-electron chi connectivity index (χ1n) is 8.33. The van der Waals surface area contributed by atoms with Crippen molar-refractivity contribution in [3.05, 3.63) is 58.4 Å². The van der Waals surface area contributed by atoms with Gasteiger partial charge in [-0.2, -0.15) is 0 Å². The molecule has 2 amide bonds. The van der Waals surface area contributed by atoms with Crippen LogP contribution in [0.5, 0.6) is 0 Å². The topological polar surface area (TPSA) is 74.3 Å². The van der Waals surface area contributed by atoms with Gasteiger partial charge in [-0.3, -0.25) is 14.6 Å². The molecule has 2 N–H and O–H groups in total. The lowest BCUT2D eigenvalue weighted by molar-refractivity contribution is 0.0947. The Labute approximate surface area is 158 Å². The largest absolute Gasteiger partial charge is 0.351 e. The molecule has 0 aliphatic heterocycles. The van der Waals surface area contributed by atoms with Crippen molar-refractivity contribution in [3.63, 3.8) is 0 Å². The smallest absolute Gasteiger partial charge is 0.269 e. The van der Waals surface area contributed by atoms with Crippen LogP contribution in [0.2, 0.25) is 5.02 Å². The molecule has 0 spiro atoms. The Bertz CT molecular complexity index is 793. The molecule has 1 aromatic carbocycles. The molecule has 2 aromatic rings. The van der Waals surface area contributed by atoms with Gasteiger partial charge in [0.25, 0.3) is 11.8 Å². The number of nitrogens with one attached hydrogen (secondary N) is 2. The number of carbonyl (C=O) groups is 2. The summed E-state index contributed by atoms with van der Waals surface area (Å²) in [7, 11) is 3.96. The maximum Gasteiger partial charge on any atom is 0.269 e. The van der Waals surface area contributed by atoms with Crippen LogP contribution >= 0.6 is 11.6 Å². The lowest BCUT2D eigenvalue weighted by Crippen LogP contribution is -2.28. The van der Waals surface area contributed by atoms with Gasteiger partial charge in [0, 0.05) is 29.0 Å². The molecule has 0 bridgehead atoms. The minimum Gasteiger partial charge on any atom is -0.351 e. The van der Waals surface area contributed by atoms with Crippen LogP contribution in [-0.4, -0.2) is 48.9 Å². The van der Waals surface area contributed by atoms with Gasteiger partial charge >= 0.3 is 0 Å². The van der Waals surface area contributed by atoms with Crippen molar-refractivity contribution in [2.45, 2.75) is 13.3 Å². The third kappa shape index (κ3) is 5.82. The fourth-order valence-corrected chi connectivity index (χ4v) is 2.44. The molecular formula is C19H23ClN4O2. The SMILES string of the molecule is Cc1ccc(NC(=O)c2ccnc(C(=O)NCCCN(C)C)c2)cc1Cl. The first-order valence-corrected chi connectivity index (χ1v) is 8.71. The van der Waals surface area contributed by atoms with E-state index < -0.39 is 0 Å². The summed E-state index contributed by atoms with van der Waals surface area (Å²) in [4.78, 5) is 30.7. The van der Waals surface area contributed by atoms with Crippen molar-refractivity contribution < 1.29 is 9.59 Å². The highest BCUT2D eigenvalue weighted by atomic mass is 35.5. The van der Waals surface area contributed by atoms with E-state index in [9.17, 15) is 9.59 Å². The number of aryl methyl sites for hydroxylation is 1. The van der Waals surface area contributed by atoms with Crippen LogP contribution < -0.4 is 10.6 Å². The summed E-state index contributed by atoms with van der Waals surface area (Å²) >= 11 is 6.07. The number of halogens is 1. The van der Waals surface area contributed by atoms with E-state index in [1.165, 1.54) is 12.3 Å². The van der Waals surface area contributed by atoms with Crippen molar-refractivity contribution in [3.8, 4) is 0 Å². The second-order valence-electron chi connectivity index (χ2n) is 6.26. The number of pyridine rings is 1. The Hall–Kier alpha value is -2.44. The van der Waals surface area contributed by atoms with Crippen LogP contribution in [0, 0.1) is 6.92 Å². The summed E-state index contributed by atoms with van der Waals surface area (Å²) in [6.07, 6.45) is 2.29. The highest BCUT2D eigenvalue weighted by Crippen LogP contribution is 2.20. The summed E-state index contributed by atoms with van der Waals surface area (Å²) in [6, 6.07) is 8.34. The van der Waals surface area contributed by atoms with Crippen LogP contribution in [0.3, 0.4) is 0 Å². The van der Waals surface area contributed by atoms with Crippen LogP contribution in [0.1, 0.15) is 32.8 Å². The molecule has 1 aromatic heterocycles. The van der Waals surface area contributed by atoms with Gasteiger partial charge in [0.05, 0.1) is 0 Å². The van der Waals surface area contributed by atoms with E-state index in [2.05, 4.69) is 15.6 Å². The van der Waals surface area contributed by atoms with Gasteiger partial charge in [0.1, 0.15) is 5.69 Å². The number of anilines is 1. The second-order valence-corrected chi connectivity index (χ2v) is 6.67. The zero-order valence-corrected chi connectivity index (χ0v) is 15.9. The van der Waals surface area contributed by atoms with Gasteiger partial charge in [-0.25, -0.2) is 0 Å². The lowest BCUT2D eigenvalue weighted by Gasteiger charge is -2.10. The van der Waals surface area contributed by atoms with Crippen molar-refractivity contribution in [2.24, 2.45) is 0 Å². The normalized spacial score (nSPS) is 10.7. The number of nitrogens with zero attached hydrogens (tertiary/aromatic N) is 2. The molecule has 0 aliphatic rings. The van der Waals surface area contributed by atoms with Crippen LogP contribution in [0.25, 0.3) is 0 Å². The molecular weight excluding hydrogens is 352 g/mol. The Morgan fingerprint density at radius 3 is 2.62 bits per heavy atom. The number of carbonyl (C=O) groups excluding carboxylic acids is 2. The van der Waals surface area contributed by atoms with E-state index in [1.54, 1.807) is 18.2 Å². The van der Waals surface area contributed by atoms with Gasteiger partial charge in [0.15, 0.2) is 0 Å². The van der Waals surface area contributed by atoms with Gasteiger partial charge in [-0.15, -0.1) is 0 Å². The van der Waals surface area contributed by atoms with Crippen LogP contribution in [0.4, 0.5) is 5.69 Å². The zero-order chi connectivity index (χ0) is 19.1. The summed E-state index contributed by atoms with van der Waals surface area (Å²) in [6.45, 7) is 3.33. The van der Waals surface area contributed by atoms with Crippen LogP contribution in [-0.2, 0) is 0 Å².